The minimum absolute atomic E-state index is 0.248. The number of aliphatic carboxylic acids is 1. The normalized spacial score (nSPS) is 16.8. The van der Waals surface area contributed by atoms with Crippen molar-refractivity contribution in [3.8, 4) is 17.2 Å². The maximum atomic E-state index is 12.4. The number of methoxy groups -OCH3 is 1. The lowest BCUT2D eigenvalue weighted by Crippen LogP contribution is -2.23. The highest BCUT2D eigenvalue weighted by molar-refractivity contribution is 8.18. The van der Waals surface area contributed by atoms with Crippen LogP contribution in [0.4, 0.5) is 5.69 Å². The molecule has 1 saturated heterocycles. The largest absolute Gasteiger partial charge is 0.494 e. The van der Waals surface area contributed by atoms with Crippen molar-refractivity contribution in [3.63, 3.8) is 0 Å². The number of hydrogen-bond donors (Lipinski definition) is 2. The number of hydrogen-bond acceptors (Lipinski definition) is 7. The summed E-state index contributed by atoms with van der Waals surface area (Å²) in [5.74, 6) is -0.0554. The molecule has 162 valence electrons. The topological polar surface area (TPSA) is 106 Å². The highest BCUT2D eigenvalue weighted by Crippen LogP contribution is 2.36. The zero-order valence-electron chi connectivity index (χ0n) is 17.2. The number of ether oxygens (including phenoxy) is 3. The van der Waals surface area contributed by atoms with Gasteiger partial charge in [-0.25, -0.2) is 9.79 Å². The number of nitrogens with one attached hydrogen (secondary N) is 1. The molecule has 1 amide bonds. The second kappa shape index (κ2) is 10.0. The van der Waals surface area contributed by atoms with E-state index in [4.69, 9.17) is 14.2 Å². The van der Waals surface area contributed by atoms with E-state index in [1.165, 1.54) is 25.8 Å². The summed E-state index contributed by atoms with van der Waals surface area (Å²) < 4.78 is 16.3. The molecule has 2 aromatic rings. The molecule has 0 radical (unpaired) electrons. The number of carboxylic acid groups (broad SMARTS) is 1. The van der Waals surface area contributed by atoms with Crippen molar-refractivity contribution in [2.75, 3.05) is 13.7 Å². The summed E-state index contributed by atoms with van der Waals surface area (Å²) in [6.45, 7) is 3.91. The lowest BCUT2D eigenvalue weighted by atomic mass is 10.1. The van der Waals surface area contributed by atoms with Crippen LogP contribution in [-0.2, 0) is 9.59 Å². The molecule has 0 aliphatic carbocycles. The SMILES string of the molecule is CCOc1ccc(N=C2NC(=O)/C(=C/c3cccc(OC)c3O[C@@H](C)C(=O)O)S2)cc1. The zero-order chi connectivity index (χ0) is 22.4. The molecule has 31 heavy (non-hydrogen) atoms. The molecule has 0 bridgehead atoms. The lowest BCUT2D eigenvalue weighted by molar-refractivity contribution is -0.144. The Kier molecular flexibility index (Phi) is 7.19. The van der Waals surface area contributed by atoms with Gasteiger partial charge in [0, 0.05) is 5.56 Å². The summed E-state index contributed by atoms with van der Waals surface area (Å²) in [5.41, 5.74) is 1.20. The monoisotopic (exact) mass is 442 g/mol. The van der Waals surface area contributed by atoms with Crippen LogP contribution < -0.4 is 19.5 Å². The summed E-state index contributed by atoms with van der Waals surface area (Å²) in [6, 6.07) is 12.3. The maximum Gasteiger partial charge on any atom is 0.344 e. The van der Waals surface area contributed by atoms with E-state index in [1.807, 2.05) is 19.1 Å². The molecule has 1 atom stereocenters. The Morgan fingerprint density at radius 3 is 2.65 bits per heavy atom. The minimum Gasteiger partial charge on any atom is -0.494 e. The number of para-hydroxylation sites is 1. The molecule has 0 unspecified atom stereocenters. The number of benzene rings is 2. The average molecular weight is 442 g/mol. The van der Waals surface area contributed by atoms with Gasteiger partial charge in [0.2, 0.25) is 0 Å². The van der Waals surface area contributed by atoms with Gasteiger partial charge >= 0.3 is 5.97 Å². The number of carbonyl (C=O) groups is 2. The van der Waals surface area contributed by atoms with Crippen molar-refractivity contribution < 1.29 is 28.9 Å². The first-order chi connectivity index (χ1) is 14.9. The molecule has 0 aromatic heterocycles. The molecule has 1 aliphatic heterocycles. The predicted molar refractivity (Wildman–Crippen MR) is 119 cm³/mol. The fourth-order valence-corrected chi connectivity index (χ4v) is 3.52. The quantitative estimate of drug-likeness (QED) is 0.598. The Morgan fingerprint density at radius 2 is 2.00 bits per heavy atom. The van der Waals surface area contributed by atoms with Crippen molar-refractivity contribution >= 4 is 40.6 Å². The highest BCUT2D eigenvalue weighted by atomic mass is 32.2. The first-order valence-electron chi connectivity index (χ1n) is 9.50. The Balaban J connectivity index is 1.85. The predicted octanol–water partition coefficient (Wildman–Crippen LogP) is 3.84. The number of amides is 1. The molecule has 1 fully saturated rings. The average Bonchev–Trinajstić information content (AvgIpc) is 3.09. The number of amidine groups is 1. The first kappa shape index (κ1) is 22.2. The van der Waals surface area contributed by atoms with Crippen molar-refractivity contribution in [1.82, 2.24) is 5.32 Å². The second-order valence-electron chi connectivity index (χ2n) is 6.39. The van der Waals surface area contributed by atoms with Gasteiger partial charge in [-0.3, -0.25) is 4.79 Å². The highest BCUT2D eigenvalue weighted by Gasteiger charge is 2.25. The third-order valence-electron chi connectivity index (χ3n) is 4.19. The fourth-order valence-electron chi connectivity index (χ4n) is 2.68. The third-order valence-corrected chi connectivity index (χ3v) is 5.10. The number of rotatable bonds is 8. The Hall–Kier alpha value is -3.46. The number of carbonyl (C=O) groups excluding carboxylic acids is 1. The lowest BCUT2D eigenvalue weighted by Gasteiger charge is -2.16. The van der Waals surface area contributed by atoms with Crippen LogP contribution >= 0.6 is 11.8 Å². The van der Waals surface area contributed by atoms with E-state index in [0.717, 1.165) is 5.75 Å². The molecule has 8 nitrogen and oxygen atoms in total. The van der Waals surface area contributed by atoms with Gasteiger partial charge in [-0.2, -0.15) is 0 Å². The van der Waals surface area contributed by atoms with Crippen LogP contribution in [0.1, 0.15) is 19.4 Å². The number of thioether (sulfide) groups is 1. The summed E-state index contributed by atoms with van der Waals surface area (Å²) in [7, 11) is 1.46. The maximum absolute atomic E-state index is 12.4. The molecule has 0 saturated carbocycles. The molecule has 1 aliphatic rings. The van der Waals surface area contributed by atoms with Crippen LogP contribution in [0.3, 0.4) is 0 Å². The van der Waals surface area contributed by atoms with E-state index in [1.54, 1.807) is 36.4 Å². The zero-order valence-corrected chi connectivity index (χ0v) is 18.1. The van der Waals surface area contributed by atoms with Gasteiger partial charge in [0.05, 0.1) is 24.3 Å². The van der Waals surface area contributed by atoms with Crippen LogP contribution in [0, 0.1) is 0 Å². The van der Waals surface area contributed by atoms with E-state index in [2.05, 4.69) is 10.3 Å². The Labute approximate surface area is 183 Å². The smallest absolute Gasteiger partial charge is 0.344 e. The van der Waals surface area contributed by atoms with E-state index >= 15 is 0 Å². The first-order valence-corrected chi connectivity index (χ1v) is 10.3. The number of carboxylic acids is 1. The van der Waals surface area contributed by atoms with E-state index in [-0.39, 0.29) is 11.7 Å². The van der Waals surface area contributed by atoms with Gasteiger partial charge < -0.3 is 24.6 Å². The van der Waals surface area contributed by atoms with Gasteiger partial charge in [-0.15, -0.1) is 0 Å². The van der Waals surface area contributed by atoms with E-state index in [0.29, 0.717) is 33.7 Å². The van der Waals surface area contributed by atoms with Crippen LogP contribution in [0.2, 0.25) is 0 Å². The Bertz CT molecular complexity index is 1030. The standard InChI is InChI=1S/C22H22N2O6S/c1-4-29-16-10-8-15(9-11-16)23-22-24-20(25)18(31-22)12-14-6-5-7-17(28-3)19(14)30-13(2)21(26)27/h5-13H,4H2,1-3H3,(H,26,27)(H,23,24,25)/b18-12-/t13-/m0/s1. The van der Waals surface area contributed by atoms with Gasteiger partial charge in [0.15, 0.2) is 22.8 Å². The Morgan fingerprint density at radius 1 is 1.26 bits per heavy atom. The van der Waals surface area contributed by atoms with E-state index in [9.17, 15) is 14.7 Å². The molecule has 2 N–H and O–H groups in total. The van der Waals surface area contributed by atoms with Gasteiger partial charge in [-0.05, 0) is 62.0 Å². The summed E-state index contributed by atoms with van der Waals surface area (Å²) in [6.07, 6.45) is 0.530. The minimum atomic E-state index is -1.11. The summed E-state index contributed by atoms with van der Waals surface area (Å²) in [4.78, 5) is 28.5. The van der Waals surface area contributed by atoms with Crippen LogP contribution in [0.5, 0.6) is 17.2 Å². The van der Waals surface area contributed by atoms with Gasteiger partial charge in [0.25, 0.3) is 5.91 Å². The fraction of sp³-hybridized carbons (Fsp3) is 0.227. The van der Waals surface area contributed by atoms with Crippen LogP contribution in [0.25, 0.3) is 6.08 Å². The van der Waals surface area contributed by atoms with Crippen LogP contribution in [-0.4, -0.2) is 42.0 Å². The van der Waals surface area contributed by atoms with Crippen molar-refractivity contribution in [3.05, 3.63) is 52.9 Å². The summed E-state index contributed by atoms with van der Waals surface area (Å²) in [5, 5.41) is 12.3. The summed E-state index contributed by atoms with van der Waals surface area (Å²) >= 11 is 1.18. The molecule has 3 rings (SSSR count). The van der Waals surface area contributed by atoms with Gasteiger partial charge in [-0.1, -0.05) is 12.1 Å². The molecular formula is C22H22N2O6S. The molecule has 0 spiro atoms. The van der Waals surface area contributed by atoms with Crippen LogP contribution in [0.15, 0.2) is 52.4 Å². The molecule has 9 heteroatoms. The number of nitrogens with zero attached hydrogens (tertiary/aromatic N) is 1. The number of aliphatic imine (C=N–C) groups is 1. The van der Waals surface area contributed by atoms with Crippen molar-refractivity contribution in [2.45, 2.75) is 20.0 Å². The van der Waals surface area contributed by atoms with Gasteiger partial charge in [0.1, 0.15) is 5.75 Å². The van der Waals surface area contributed by atoms with Crippen molar-refractivity contribution in [1.29, 1.82) is 0 Å². The third kappa shape index (κ3) is 5.58. The van der Waals surface area contributed by atoms with E-state index < -0.39 is 12.1 Å². The second-order valence-corrected chi connectivity index (χ2v) is 7.42. The molecule has 2 aromatic carbocycles. The van der Waals surface area contributed by atoms with Crippen molar-refractivity contribution in [2.24, 2.45) is 4.99 Å². The molecule has 1 heterocycles. The molecular weight excluding hydrogens is 420 g/mol.